The number of hydrogen-bond donors (Lipinski definition) is 1. The fourth-order valence-electron chi connectivity index (χ4n) is 2.83. The molecule has 0 unspecified atom stereocenters. The molecule has 0 radical (unpaired) electrons. The van der Waals surface area contributed by atoms with Gasteiger partial charge in [-0.25, -0.2) is 8.78 Å². The van der Waals surface area contributed by atoms with Crippen molar-refractivity contribution in [2.24, 2.45) is 5.92 Å². The topological polar surface area (TPSA) is 15.3 Å². The lowest BCUT2D eigenvalue weighted by atomic mass is 9.93. The van der Waals surface area contributed by atoms with Crippen molar-refractivity contribution in [1.82, 2.24) is 10.2 Å². The quantitative estimate of drug-likeness (QED) is 0.912. The molecule has 0 bridgehead atoms. The molecule has 1 aliphatic rings. The van der Waals surface area contributed by atoms with Crippen molar-refractivity contribution in [1.29, 1.82) is 0 Å². The predicted octanol–water partition coefficient (Wildman–Crippen LogP) is 3.27. The van der Waals surface area contributed by atoms with Crippen molar-refractivity contribution in [2.45, 2.75) is 33.2 Å². The normalized spacial score (nSPS) is 18.5. The standard InChI is InChI=1S/C16H24F2N2/c1-11(2)10-14(20-8-6-19-7-9-20)13-5-4-12(3)15(17)16(13)18/h4-5,11,14,19H,6-10H2,1-3H3/t14-/m1/s1. The third kappa shape index (κ3) is 3.36. The molecule has 1 saturated heterocycles. The Morgan fingerprint density at radius 2 is 1.80 bits per heavy atom. The Balaban J connectivity index is 2.32. The average molecular weight is 282 g/mol. The summed E-state index contributed by atoms with van der Waals surface area (Å²) in [5, 5.41) is 3.30. The van der Waals surface area contributed by atoms with Crippen LogP contribution in [0.5, 0.6) is 0 Å². The van der Waals surface area contributed by atoms with Crippen molar-refractivity contribution < 1.29 is 8.78 Å². The number of benzene rings is 1. The molecule has 4 heteroatoms. The zero-order valence-electron chi connectivity index (χ0n) is 12.5. The summed E-state index contributed by atoms with van der Waals surface area (Å²) >= 11 is 0. The molecule has 1 aromatic rings. The highest BCUT2D eigenvalue weighted by molar-refractivity contribution is 5.28. The SMILES string of the molecule is Cc1ccc([C@@H](CC(C)C)N2CCNCC2)c(F)c1F. The first-order valence-corrected chi connectivity index (χ1v) is 7.40. The average Bonchev–Trinajstić information content (AvgIpc) is 2.44. The number of halogens is 2. The second-order valence-electron chi connectivity index (χ2n) is 6.03. The van der Waals surface area contributed by atoms with Gasteiger partial charge in [0, 0.05) is 37.8 Å². The Kier molecular flexibility index (Phi) is 5.11. The molecule has 0 aromatic heterocycles. The van der Waals surface area contributed by atoms with Crippen molar-refractivity contribution in [3.8, 4) is 0 Å². The summed E-state index contributed by atoms with van der Waals surface area (Å²) in [6.45, 7) is 9.42. The van der Waals surface area contributed by atoms with E-state index in [1.807, 2.05) is 0 Å². The Labute approximate surface area is 120 Å². The van der Waals surface area contributed by atoms with Crippen LogP contribution in [-0.4, -0.2) is 31.1 Å². The van der Waals surface area contributed by atoms with Gasteiger partial charge in [0.25, 0.3) is 0 Å². The van der Waals surface area contributed by atoms with Crippen LogP contribution in [0.2, 0.25) is 0 Å². The van der Waals surface area contributed by atoms with Crippen LogP contribution in [-0.2, 0) is 0 Å². The number of aryl methyl sites for hydroxylation is 1. The highest BCUT2D eigenvalue weighted by Crippen LogP contribution is 2.31. The maximum Gasteiger partial charge on any atom is 0.163 e. The van der Waals surface area contributed by atoms with Crippen molar-refractivity contribution >= 4 is 0 Å². The van der Waals surface area contributed by atoms with Gasteiger partial charge in [0.2, 0.25) is 0 Å². The maximum atomic E-state index is 14.3. The third-order valence-corrected chi connectivity index (χ3v) is 3.95. The molecular weight excluding hydrogens is 258 g/mol. The molecular formula is C16H24F2N2. The summed E-state index contributed by atoms with van der Waals surface area (Å²) < 4.78 is 28.2. The lowest BCUT2D eigenvalue weighted by molar-refractivity contribution is 0.150. The molecule has 1 N–H and O–H groups in total. The smallest absolute Gasteiger partial charge is 0.163 e. The first-order valence-electron chi connectivity index (χ1n) is 7.40. The van der Waals surface area contributed by atoms with Crippen LogP contribution in [0.1, 0.15) is 37.4 Å². The third-order valence-electron chi connectivity index (χ3n) is 3.95. The minimum absolute atomic E-state index is 0.0350. The highest BCUT2D eigenvalue weighted by atomic mass is 19.2. The maximum absolute atomic E-state index is 14.3. The number of nitrogens with one attached hydrogen (secondary N) is 1. The molecule has 1 atom stereocenters. The number of hydrogen-bond acceptors (Lipinski definition) is 2. The molecule has 0 amide bonds. The van der Waals surface area contributed by atoms with E-state index in [4.69, 9.17) is 0 Å². The van der Waals surface area contributed by atoms with Crippen LogP contribution in [0.3, 0.4) is 0 Å². The van der Waals surface area contributed by atoms with Crippen molar-refractivity contribution in [3.05, 3.63) is 34.9 Å². The molecule has 1 aromatic carbocycles. The lowest BCUT2D eigenvalue weighted by Crippen LogP contribution is -2.45. The number of piperazine rings is 1. The van der Waals surface area contributed by atoms with Gasteiger partial charge in [0.05, 0.1) is 0 Å². The van der Waals surface area contributed by atoms with E-state index < -0.39 is 11.6 Å². The van der Waals surface area contributed by atoms with Crippen LogP contribution in [0.25, 0.3) is 0 Å². The van der Waals surface area contributed by atoms with Gasteiger partial charge in [-0.05, 0) is 24.8 Å². The first kappa shape index (κ1) is 15.4. The largest absolute Gasteiger partial charge is 0.314 e. The Bertz CT molecular complexity index is 454. The molecule has 0 aliphatic carbocycles. The lowest BCUT2D eigenvalue weighted by Gasteiger charge is -2.36. The first-order chi connectivity index (χ1) is 9.50. The van der Waals surface area contributed by atoms with E-state index >= 15 is 0 Å². The van der Waals surface area contributed by atoms with Gasteiger partial charge in [-0.15, -0.1) is 0 Å². The van der Waals surface area contributed by atoms with Crippen molar-refractivity contribution in [2.75, 3.05) is 26.2 Å². The molecule has 20 heavy (non-hydrogen) atoms. The summed E-state index contributed by atoms with van der Waals surface area (Å²) in [4.78, 5) is 2.27. The van der Waals surface area contributed by atoms with Gasteiger partial charge in [-0.1, -0.05) is 26.0 Å². The van der Waals surface area contributed by atoms with Gasteiger partial charge in [-0.3, -0.25) is 4.90 Å². The van der Waals surface area contributed by atoms with E-state index in [9.17, 15) is 8.78 Å². The Hall–Kier alpha value is -1.00. The summed E-state index contributed by atoms with van der Waals surface area (Å²) in [7, 11) is 0. The number of rotatable bonds is 4. The summed E-state index contributed by atoms with van der Waals surface area (Å²) in [6, 6.07) is 3.40. The number of nitrogens with zero attached hydrogens (tertiary/aromatic N) is 1. The van der Waals surface area contributed by atoms with E-state index in [1.165, 1.54) is 0 Å². The van der Waals surface area contributed by atoms with Gasteiger partial charge in [0.1, 0.15) is 0 Å². The van der Waals surface area contributed by atoms with Gasteiger partial charge in [0.15, 0.2) is 11.6 Å². The van der Waals surface area contributed by atoms with E-state index in [-0.39, 0.29) is 6.04 Å². The molecule has 1 fully saturated rings. The summed E-state index contributed by atoms with van der Waals surface area (Å²) in [5.41, 5.74) is 0.874. The summed E-state index contributed by atoms with van der Waals surface area (Å²) in [6.07, 6.45) is 0.847. The predicted molar refractivity (Wildman–Crippen MR) is 77.7 cm³/mol. The molecule has 2 rings (SSSR count). The highest BCUT2D eigenvalue weighted by Gasteiger charge is 2.27. The molecule has 112 valence electrons. The van der Waals surface area contributed by atoms with Gasteiger partial charge < -0.3 is 5.32 Å². The zero-order chi connectivity index (χ0) is 14.7. The minimum atomic E-state index is -0.702. The summed E-state index contributed by atoms with van der Waals surface area (Å²) in [5.74, 6) is -0.931. The van der Waals surface area contributed by atoms with Crippen LogP contribution >= 0.6 is 0 Å². The van der Waals surface area contributed by atoms with Crippen LogP contribution < -0.4 is 5.32 Å². The fraction of sp³-hybridized carbons (Fsp3) is 0.625. The minimum Gasteiger partial charge on any atom is -0.314 e. The second kappa shape index (κ2) is 6.64. The van der Waals surface area contributed by atoms with Crippen LogP contribution in [0, 0.1) is 24.5 Å². The molecule has 0 saturated carbocycles. The van der Waals surface area contributed by atoms with Crippen LogP contribution in [0.4, 0.5) is 8.78 Å². The fourth-order valence-corrected chi connectivity index (χ4v) is 2.83. The van der Waals surface area contributed by atoms with E-state index in [1.54, 1.807) is 19.1 Å². The Morgan fingerprint density at radius 3 is 2.40 bits per heavy atom. The molecule has 0 spiro atoms. The second-order valence-corrected chi connectivity index (χ2v) is 6.03. The monoisotopic (exact) mass is 282 g/mol. The zero-order valence-corrected chi connectivity index (χ0v) is 12.5. The van der Waals surface area contributed by atoms with E-state index in [0.29, 0.717) is 17.0 Å². The molecule has 2 nitrogen and oxygen atoms in total. The van der Waals surface area contributed by atoms with Crippen molar-refractivity contribution in [3.63, 3.8) is 0 Å². The van der Waals surface area contributed by atoms with Gasteiger partial charge in [-0.2, -0.15) is 0 Å². The van der Waals surface area contributed by atoms with E-state index in [0.717, 1.165) is 32.6 Å². The molecule has 1 aliphatic heterocycles. The van der Waals surface area contributed by atoms with E-state index in [2.05, 4.69) is 24.1 Å². The molecule has 1 heterocycles. The Morgan fingerprint density at radius 1 is 1.15 bits per heavy atom. The van der Waals surface area contributed by atoms with Gasteiger partial charge >= 0.3 is 0 Å². The van der Waals surface area contributed by atoms with Crippen LogP contribution in [0.15, 0.2) is 12.1 Å².